The summed E-state index contributed by atoms with van der Waals surface area (Å²) in [5, 5.41) is 22.5. The van der Waals surface area contributed by atoms with Gasteiger partial charge in [-0.2, -0.15) is 0 Å². The van der Waals surface area contributed by atoms with Gasteiger partial charge in [0.05, 0.1) is 6.61 Å². The van der Waals surface area contributed by atoms with Gasteiger partial charge in [-0.3, -0.25) is 14.3 Å². The summed E-state index contributed by atoms with van der Waals surface area (Å²) in [7, 11) is 0. The molecule has 2 heterocycles. The van der Waals surface area contributed by atoms with Crippen molar-refractivity contribution >= 4 is 0 Å². The Bertz CT molecular complexity index is 675. The highest BCUT2D eigenvalue weighted by molar-refractivity contribution is 5.03. The Balaban J connectivity index is 2.42. The minimum Gasteiger partial charge on any atom is -0.394 e. The fourth-order valence-electron chi connectivity index (χ4n) is 2.07. The molecule has 0 aromatic carbocycles. The maximum absolute atomic E-state index is 11.7. The molecule has 10 heteroatoms. The van der Waals surface area contributed by atoms with E-state index in [-0.39, 0.29) is 12.0 Å². The monoisotopic (exact) mass is 283 g/mol. The van der Waals surface area contributed by atoms with Crippen LogP contribution in [0.3, 0.4) is 0 Å². The van der Waals surface area contributed by atoms with Crippen molar-refractivity contribution in [1.29, 1.82) is 0 Å². The molecule has 3 atom stereocenters. The summed E-state index contributed by atoms with van der Waals surface area (Å²) in [6.45, 7) is 0.927. The maximum atomic E-state index is 11.7. The molecule has 3 N–H and O–H groups in total. The maximum Gasteiger partial charge on any atom is 0.330 e. The van der Waals surface area contributed by atoms with Crippen LogP contribution in [0.15, 0.2) is 20.9 Å². The second-order valence-corrected chi connectivity index (χ2v) is 4.51. The topological polar surface area (TPSA) is 153 Å². The predicted molar refractivity (Wildman–Crippen MR) is 65.8 cm³/mol. The molecule has 2 rings (SSSR count). The van der Waals surface area contributed by atoms with Crippen LogP contribution in [0.25, 0.3) is 10.4 Å². The third-order valence-corrected chi connectivity index (χ3v) is 3.15. The Labute approximate surface area is 111 Å². The molecule has 1 aromatic heterocycles. The van der Waals surface area contributed by atoms with Crippen LogP contribution in [0.4, 0.5) is 0 Å². The average Bonchev–Trinajstić information content (AvgIpc) is 2.71. The number of azide groups is 1. The molecule has 1 saturated heterocycles. The first kappa shape index (κ1) is 14.3. The molecule has 20 heavy (non-hydrogen) atoms. The molecule has 0 saturated carbocycles. The highest BCUT2D eigenvalue weighted by Crippen LogP contribution is 2.37. The molecule has 0 aliphatic carbocycles. The number of aromatic amines is 1. The van der Waals surface area contributed by atoms with Gasteiger partial charge in [0.2, 0.25) is 0 Å². The van der Waals surface area contributed by atoms with E-state index in [1.54, 1.807) is 0 Å². The van der Waals surface area contributed by atoms with Gasteiger partial charge < -0.3 is 14.9 Å². The normalized spacial score (nSPS) is 29.1. The number of aliphatic hydroxyl groups excluding tert-OH is 1. The van der Waals surface area contributed by atoms with Crippen LogP contribution in [-0.2, 0) is 4.74 Å². The van der Waals surface area contributed by atoms with Gasteiger partial charge in [0.25, 0.3) is 5.56 Å². The molecule has 0 amide bonds. The zero-order chi connectivity index (χ0) is 14.9. The van der Waals surface area contributed by atoms with Gasteiger partial charge in [0.15, 0.2) is 5.72 Å². The second-order valence-electron chi connectivity index (χ2n) is 4.51. The summed E-state index contributed by atoms with van der Waals surface area (Å²) in [5.41, 5.74) is 5.55. The van der Waals surface area contributed by atoms with E-state index in [4.69, 9.17) is 15.4 Å². The lowest BCUT2D eigenvalue weighted by molar-refractivity contribution is -0.0797. The number of aromatic nitrogens is 2. The van der Waals surface area contributed by atoms with E-state index in [0.29, 0.717) is 0 Å². The van der Waals surface area contributed by atoms with E-state index >= 15 is 0 Å². The van der Waals surface area contributed by atoms with Crippen molar-refractivity contribution in [2.45, 2.75) is 31.4 Å². The first-order valence-electron chi connectivity index (χ1n) is 5.78. The lowest BCUT2D eigenvalue weighted by Crippen LogP contribution is -2.38. The molecule has 10 nitrogen and oxygen atoms in total. The van der Waals surface area contributed by atoms with E-state index in [1.165, 1.54) is 13.1 Å². The lowest BCUT2D eigenvalue weighted by Gasteiger charge is -2.19. The number of aliphatic hydroxyl groups is 2. The largest absolute Gasteiger partial charge is 0.394 e. The minimum atomic E-state index is -1.95. The number of hydrogen-bond donors (Lipinski definition) is 3. The Kier molecular flexibility index (Phi) is 3.64. The third kappa shape index (κ3) is 2.32. The van der Waals surface area contributed by atoms with Gasteiger partial charge in [-0.05, 0) is 12.5 Å². The van der Waals surface area contributed by atoms with E-state index in [9.17, 15) is 14.7 Å². The molecule has 0 radical (unpaired) electrons. The smallest absolute Gasteiger partial charge is 0.330 e. The van der Waals surface area contributed by atoms with Crippen LogP contribution >= 0.6 is 0 Å². The first-order valence-corrected chi connectivity index (χ1v) is 5.78. The number of hydrogen-bond acceptors (Lipinski definition) is 6. The molecule has 0 unspecified atom stereocenters. The summed E-state index contributed by atoms with van der Waals surface area (Å²) in [4.78, 5) is 27.6. The number of aryl methyl sites for hydroxylation is 1. The van der Waals surface area contributed by atoms with Crippen LogP contribution in [-0.4, -0.2) is 38.2 Å². The summed E-state index contributed by atoms with van der Waals surface area (Å²) in [6, 6.07) is 0. The van der Waals surface area contributed by atoms with Gasteiger partial charge in [-0.15, -0.1) is 0 Å². The van der Waals surface area contributed by atoms with Gasteiger partial charge in [0.1, 0.15) is 12.3 Å². The zero-order valence-corrected chi connectivity index (χ0v) is 10.6. The highest BCUT2D eigenvalue weighted by atomic mass is 16.6. The molecule has 1 fully saturated rings. The lowest BCUT2D eigenvalue weighted by atomic mass is 10.1. The van der Waals surface area contributed by atoms with E-state index < -0.39 is 35.9 Å². The molecular formula is C10H13N5O5. The fraction of sp³-hybridized carbons (Fsp3) is 0.600. The van der Waals surface area contributed by atoms with Crippen molar-refractivity contribution in [1.82, 2.24) is 9.55 Å². The number of ether oxygens (including phenoxy) is 1. The Morgan fingerprint density at radius 3 is 3.00 bits per heavy atom. The van der Waals surface area contributed by atoms with E-state index in [1.807, 2.05) is 0 Å². The van der Waals surface area contributed by atoms with Crippen molar-refractivity contribution in [2.24, 2.45) is 5.11 Å². The Hall–Kier alpha value is -2.13. The molecule has 1 aliphatic rings. The summed E-state index contributed by atoms with van der Waals surface area (Å²) in [5.74, 6) is 0. The Morgan fingerprint density at radius 1 is 1.70 bits per heavy atom. The predicted octanol–water partition coefficient (Wildman–Crippen LogP) is -0.876. The van der Waals surface area contributed by atoms with Crippen LogP contribution in [0.1, 0.15) is 18.2 Å². The van der Waals surface area contributed by atoms with Crippen LogP contribution in [0, 0.1) is 6.92 Å². The average molecular weight is 283 g/mol. The summed E-state index contributed by atoms with van der Waals surface area (Å²) in [6.07, 6.45) is -1.04. The minimum absolute atomic E-state index is 0.215. The van der Waals surface area contributed by atoms with Crippen molar-refractivity contribution in [3.05, 3.63) is 43.0 Å². The van der Waals surface area contributed by atoms with E-state index in [2.05, 4.69) is 15.0 Å². The first-order chi connectivity index (χ1) is 9.41. The molecule has 1 aliphatic heterocycles. The Morgan fingerprint density at radius 2 is 2.40 bits per heavy atom. The van der Waals surface area contributed by atoms with Crippen molar-refractivity contribution in [3.8, 4) is 0 Å². The van der Waals surface area contributed by atoms with Crippen LogP contribution in [0.2, 0.25) is 0 Å². The van der Waals surface area contributed by atoms with Crippen LogP contribution in [0.5, 0.6) is 0 Å². The van der Waals surface area contributed by atoms with Crippen molar-refractivity contribution in [3.63, 3.8) is 0 Å². The van der Waals surface area contributed by atoms with E-state index in [0.717, 1.165) is 4.57 Å². The highest BCUT2D eigenvalue weighted by Gasteiger charge is 2.47. The standard InChI is InChI=1S/C10H13N5O5/c1-5-3-15(9(18)12-8(5)17)7-2-10(19,13-14-11)6(4-16)20-7/h3,6-7,16,19H,2,4H2,1H3,(H,12,17,18)/t6-,7-,10+/m1/s1. The van der Waals surface area contributed by atoms with Crippen LogP contribution < -0.4 is 11.2 Å². The molecule has 108 valence electrons. The molecular weight excluding hydrogens is 270 g/mol. The summed E-state index contributed by atoms with van der Waals surface area (Å²) < 4.78 is 6.39. The van der Waals surface area contributed by atoms with Crippen molar-refractivity contribution in [2.75, 3.05) is 6.61 Å². The SMILES string of the molecule is Cc1cn([C@H]2C[C@@](O)(N=[N+]=[N-])[C@@H](CO)O2)c(=O)[nH]c1=O. The van der Waals surface area contributed by atoms with Gasteiger partial charge in [0, 0.05) is 23.1 Å². The number of rotatable bonds is 3. The van der Waals surface area contributed by atoms with Crippen molar-refractivity contribution < 1.29 is 14.9 Å². The van der Waals surface area contributed by atoms with Gasteiger partial charge >= 0.3 is 5.69 Å². The quantitative estimate of drug-likeness (QED) is 0.373. The second kappa shape index (κ2) is 5.10. The molecule has 0 bridgehead atoms. The number of nitrogens with zero attached hydrogens (tertiary/aromatic N) is 4. The molecule has 1 aromatic rings. The van der Waals surface area contributed by atoms with Gasteiger partial charge in [-0.1, -0.05) is 5.11 Å². The van der Waals surface area contributed by atoms with Gasteiger partial charge in [-0.25, -0.2) is 4.79 Å². The number of H-pyrrole nitrogens is 1. The third-order valence-electron chi connectivity index (χ3n) is 3.15. The number of nitrogens with one attached hydrogen (secondary N) is 1. The zero-order valence-electron chi connectivity index (χ0n) is 10.6. The summed E-state index contributed by atoms with van der Waals surface area (Å²) >= 11 is 0. The fourth-order valence-corrected chi connectivity index (χ4v) is 2.07. The molecule has 0 spiro atoms.